The number of piperazine rings is 1. The van der Waals surface area contributed by atoms with Crippen molar-refractivity contribution in [1.82, 2.24) is 9.80 Å². The van der Waals surface area contributed by atoms with E-state index in [1.807, 2.05) is 36.9 Å². The summed E-state index contributed by atoms with van der Waals surface area (Å²) in [4.78, 5) is 52.0. The molecule has 34 heavy (non-hydrogen) atoms. The van der Waals surface area contributed by atoms with E-state index in [4.69, 9.17) is 4.74 Å². The van der Waals surface area contributed by atoms with E-state index in [9.17, 15) is 19.2 Å². The van der Waals surface area contributed by atoms with E-state index in [2.05, 4.69) is 10.6 Å². The number of para-hydroxylation sites is 1. The van der Waals surface area contributed by atoms with E-state index in [-0.39, 0.29) is 36.4 Å². The average Bonchev–Trinajstić information content (AvgIpc) is 2.80. The maximum absolute atomic E-state index is 12.5. The van der Waals surface area contributed by atoms with Crippen LogP contribution < -0.4 is 10.6 Å². The summed E-state index contributed by atoms with van der Waals surface area (Å²) in [6.45, 7) is 7.18. The summed E-state index contributed by atoms with van der Waals surface area (Å²) >= 11 is 0. The van der Waals surface area contributed by atoms with Crippen molar-refractivity contribution in [1.29, 1.82) is 0 Å². The Kier molecular flexibility index (Phi) is 8.37. The summed E-state index contributed by atoms with van der Waals surface area (Å²) in [5.74, 6) is -1.26. The van der Waals surface area contributed by atoms with Crippen molar-refractivity contribution in [3.8, 4) is 0 Å². The van der Waals surface area contributed by atoms with Crippen LogP contribution in [0.5, 0.6) is 0 Å². The second-order valence-corrected chi connectivity index (χ2v) is 8.31. The number of benzene rings is 2. The number of anilines is 2. The zero-order chi connectivity index (χ0) is 24.7. The second-order valence-electron chi connectivity index (χ2n) is 8.31. The second kappa shape index (κ2) is 11.4. The van der Waals surface area contributed by atoms with E-state index >= 15 is 0 Å². The lowest BCUT2D eigenvalue weighted by molar-refractivity contribution is -0.136. The molecule has 1 heterocycles. The minimum Gasteiger partial charge on any atom is -0.452 e. The zero-order valence-electron chi connectivity index (χ0n) is 19.7. The van der Waals surface area contributed by atoms with Crippen molar-refractivity contribution >= 4 is 35.1 Å². The first-order valence-electron chi connectivity index (χ1n) is 11.1. The molecule has 0 unspecified atom stereocenters. The molecule has 1 aliphatic heterocycles. The molecule has 0 bridgehead atoms. The summed E-state index contributed by atoms with van der Waals surface area (Å²) in [6.07, 6.45) is 0. The molecule has 2 N–H and O–H groups in total. The fourth-order valence-electron chi connectivity index (χ4n) is 3.78. The number of hydrogen-bond acceptors (Lipinski definition) is 6. The van der Waals surface area contributed by atoms with Crippen molar-refractivity contribution in [2.75, 3.05) is 50.0 Å². The SMILES string of the molecule is CC(=O)Nc1cccc(C(=O)OCC(=O)N2CCN(CC(=O)Nc3c(C)cccc3C)CC2)c1. The lowest BCUT2D eigenvalue weighted by Crippen LogP contribution is -2.51. The molecule has 9 nitrogen and oxygen atoms in total. The molecule has 3 amide bonds. The number of carbonyl (C=O) groups is 4. The standard InChI is InChI=1S/C25H30N4O5/c1-17-6-4-7-18(2)24(17)27-22(31)15-28-10-12-29(13-11-28)23(32)16-34-25(33)20-8-5-9-21(14-20)26-19(3)30/h4-9,14H,10-13,15-16H2,1-3H3,(H,26,30)(H,27,31). The van der Waals surface area contributed by atoms with Crippen LogP contribution in [0.4, 0.5) is 11.4 Å². The molecule has 0 radical (unpaired) electrons. The third kappa shape index (κ3) is 6.89. The average molecular weight is 467 g/mol. The Morgan fingerprint density at radius 3 is 2.21 bits per heavy atom. The molecule has 2 aromatic carbocycles. The molecule has 1 saturated heterocycles. The van der Waals surface area contributed by atoms with Gasteiger partial charge < -0.3 is 20.3 Å². The van der Waals surface area contributed by atoms with E-state index in [0.717, 1.165) is 16.8 Å². The quantitative estimate of drug-likeness (QED) is 0.606. The Hall–Kier alpha value is -3.72. The first kappa shape index (κ1) is 24.9. The van der Waals surface area contributed by atoms with Crippen LogP contribution >= 0.6 is 0 Å². The molecule has 0 aliphatic carbocycles. The largest absolute Gasteiger partial charge is 0.452 e. The molecule has 3 rings (SSSR count). The lowest BCUT2D eigenvalue weighted by Gasteiger charge is -2.34. The van der Waals surface area contributed by atoms with Crippen LogP contribution in [-0.4, -0.2) is 72.8 Å². The van der Waals surface area contributed by atoms with Gasteiger partial charge in [-0.2, -0.15) is 0 Å². The number of hydrogen-bond donors (Lipinski definition) is 2. The molecule has 0 saturated carbocycles. The topological polar surface area (TPSA) is 108 Å². The van der Waals surface area contributed by atoms with Crippen LogP contribution in [0.2, 0.25) is 0 Å². The van der Waals surface area contributed by atoms with Gasteiger partial charge in [0, 0.05) is 44.5 Å². The lowest BCUT2D eigenvalue weighted by atomic mass is 10.1. The van der Waals surface area contributed by atoms with E-state index < -0.39 is 5.97 Å². The number of ether oxygens (including phenoxy) is 1. The molecular weight excluding hydrogens is 436 g/mol. The Morgan fingerprint density at radius 2 is 1.56 bits per heavy atom. The molecule has 9 heteroatoms. The van der Waals surface area contributed by atoms with Crippen LogP contribution in [0.1, 0.15) is 28.4 Å². The molecule has 0 aromatic heterocycles. The van der Waals surface area contributed by atoms with Gasteiger partial charge in [-0.3, -0.25) is 19.3 Å². The first-order chi connectivity index (χ1) is 16.2. The summed E-state index contributed by atoms with van der Waals surface area (Å²) in [5, 5.41) is 5.58. The van der Waals surface area contributed by atoms with Crippen LogP contribution in [-0.2, 0) is 19.1 Å². The Morgan fingerprint density at radius 1 is 0.912 bits per heavy atom. The zero-order valence-corrected chi connectivity index (χ0v) is 19.7. The van der Waals surface area contributed by atoms with Gasteiger partial charge in [-0.25, -0.2) is 4.79 Å². The van der Waals surface area contributed by atoms with Gasteiger partial charge in [0.1, 0.15) is 0 Å². The molecule has 0 atom stereocenters. The highest BCUT2D eigenvalue weighted by atomic mass is 16.5. The fraction of sp³-hybridized carbons (Fsp3) is 0.360. The van der Waals surface area contributed by atoms with Crippen molar-refractivity contribution in [3.05, 3.63) is 59.2 Å². The number of rotatable bonds is 7. The van der Waals surface area contributed by atoms with Gasteiger partial charge in [0.15, 0.2) is 6.61 Å². The highest BCUT2D eigenvalue weighted by molar-refractivity contribution is 5.95. The maximum atomic E-state index is 12.5. The predicted molar refractivity (Wildman–Crippen MR) is 129 cm³/mol. The number of nitrogens with zero attached hydrogens (tertiary/aromatic N) is 2. The highest BCUT2D eigenvalue weighted by Crippen LogP contribution is 2.19. The predicted octanol–water partition coefficient (Wildman–Crippen LogP) is 2.20. The summed E-state index contributed by atoms with van der Waals surface area (Å²) < 4.78 is 5.16. The van der Waals surface area contributed by atoms with Crippen LogP contribution in [0, 0.1) is 13.8 Å². The van der Waals surface area contributed by atoms with Gasteiger partial charge in [0.25, 0.3) is 5.91 Å². The first-order valence-corrected chi connectivity index (χ1v) is 11.1. The van der Waals surface area contributed by atoms with E-state index in [1.165, 1.54) is 13.0 Å². The number of aryl methyl sites for hydroxylation is 2. The minimum atomic E-state index is -0.637. The molecular formula is C25H30N4O5. The maximum Gasteiger partial charge on any atom is 0.338 e. The Labute approximate surface area is 199 Å². The fourth-order valence-corrected chi connectivity index (χ4v) is 3.78. The monoisotopic (exact) mass is 466 g/mol. The van der Waals surface area contributed by atoms with Crippen molar-refractivity contribution in [2.45, 2.75) is 20.8 Å². The third-order valence-electron chi connectivity index (χ3n) is 5.58. The van der Waals surface area contributed by atoms with Gasteiger partial charge in [-0.1, -0.05) is 24.3 Å². The number of carbonyl (C=O) groups excluding carboxylic acids is 4. The van der Waals surface area contributed by atoms with Gasteiger partial charge in [0.2, 0.25) is 11.8 Å². The molecule has 180 valence electrons. The van der Waals surface area contributed by atoms with Crippen molar-refractivity contribution < 1.29 is 23.9 Å². The van der Waals surface area contributed by atoms with Crippen LogP contribution in [0.25, 0.3) is 0 Å². The summed E-state index contributed by atoms with van der Waals surface area (Å²) in [5.41, 5.74) is 3.59. The van der Waals surface area contributed by atoms with Crippen molar-refractivity contribution in [3.63, 3.8) is 0 Å². The number of amides is 3. The van der Waals surface area contributed by atoms with Crippen molar-refractivity contribution in [2.24, 2.45) is 0 Å². The van der Waals surface area contributed by atoms with E-state index in [0.29, 0.717) is 31.9 Å². The third-order valence-corrected chi connectivity index (χ3v) is 5.58. The molecule has 1 aliphatic rings. The van der Waals surface area contributed by atoms with Gasteiger partial charge >= 0.3 is 5.97 Å². The summed E-state index contributed by atoms with van der Waals surface area (Å²) in [6, 6.07) is 12.2. The Bertz CT molecular complexity index is 1060. The minimum absolute atomic E-state index is 0.0902. The normalized spacial score (nSPS) is 13.8. The van der Waals surface area contributed by atoms with Gasteiger partial charge in [0.05, 0.1) is 12.1 Å². The number of esters is 1. The summed E-state index contributed by atoms with van der Waals surface area (Å²) in [7, 11) is 0. The van der Waals surface area contributed by atoms with E-state index in [1.54, 1.807) is 23.1 Å². The van der Waals surface area contributed by atoms with Gasteiger partial charge in [-0.15, -0.1) is 0 Å². The van der Waals surface area contributed by atoms with Gasteiger partial charge in [-0.05, 0) is 43.2 Å². The smallest absolute Gasteiger partial charge is 0.338 e. The molecule has 0 spiro atoms. The molecule has 1 fully saturated rings. The van der Waals surface area contributed by atoms with Crippen LogP contribution in [0.3, 0.4) is 0 Å². The Balaban J connectivity index is 1.42. The molecule has 2 aromatic rings. The number of nitrogens with one attached hydrogen (secondary N) is 2. The highest BCUT2D eigenvalue weighted by Gasteiger charge is 2.23. The van der Waals surface area contributed by atoms with Crippen LogP contribution in [0.15, 0.2) is 42.5 Å².